The van der Waals surface area contributed by atoms with Gasteiger partial charge < -0.3 is 14.1 Å². The summed E-state index contributed by atoms with van der Waals surface area (Å²) in [6, 6.07) is 14.6. The summed E-state index contributed by atoms with van der Waals surface area (Å²) < 4.78 is 12.4. The van der Waals surface area contributed by atoms with Crippen LogP contribution in [0.2, 0.25) is 0 Å². The Balaban J connectivity index is 1.91. The predicted molar refractivity (Wildman–Crippen MR) is 107 cm³/mol. The fourth-order valence-corrected chi connectivity index (χ4v) is 3.89. The first-order valence-electron chi connectivity index (χ1n) is 8.63. The molecule has 0 saturated carbocycles. The van der Waals surface area contributed by atoms with Gasteiger partial charge in [-0.25, -0.2) is 4.79 Å². The van der Waals surface area contributed by atoms with E-state index in [4.69, 9.17) is 9.15 Å². The number of para-hydroxylation sites is 1. The summed E-state index contributed by atoms with van der Waals surface area (Å²) in [6.07, 6.45) is 0. The minimum Gasteiger partial charge on any atom is -0.437 e. The molecule has 5 rings (SSSR count). The molecule has 1 aliphatic rings. The van der Waals surface area contributed by atoms with E-state index in [2.05, 4.69) is 25.9 Å². The van der Waals surface area contributed by atoms with Crippen LogP contribution in [-0.2, 0) is 0 Å². The van der Waals surface area contributed by atoms with Crippen LogP contribution in [0.1, 0.15) is 28.4 Å². The van der Waals surface area contributed by atoms with Crippen molar-refractivity contribution < 1.29 is 9.15 Å². The zero-order chi connectivity index (χ0) is 19.4. The number of ether oxygens (including phenoxy) is 1. The van der Waals surface area contributed by atoms with E-state index in [0.29, 0.717) is 33.7 Å². The van der Waals surface area contributed by atoms with Gasteiger partial charge in [0.05, 0.1) is 22.4 Å². The molecule has 1 unspecified atom stereocenters. The Morgan fingerprint density at radius 2 is 1.79 bits per heavy atom. The molecule has 0 bridgehead atoms. The highest BCUT2D eigenvalue weighted by atomic mass is 79.9. The predicted octanol–water partition coefficient (Wildman–Crippen LogP) is 4.23. The van der Waals surface area contributed by atoms with E-state index >= 15 is 0 Å². The number of nitrogens with zero attached hydrogens (tertiary/aromatic N) is 1. The normalized spacial score (nSPS) is 15.0. The first-order valence-corrected chi connectivity index (χ1v) is 9.42. The lowest BCUT2D eigenvalue weighted by molar-refractivity contribution is 0.419. The number of benzene rings is 2. The number of nitrogens with one attached hydrogen (secondary N) is 1. The van der Waals surface area contributed by atoms with Crippen LogP contribution in [0.5, 0.6) is 11.6 Å². The maximum atomic E-state index is 12.9. The first-order chi connectivity index (χ1) is 13.5. The highest BCUT2D eigenvalue weighted by Gasteiger charge is 2.37. The van der Waals surface area contributed by atoms with Gasteiger partial charge in [-0.05, 0) is 36.8 Å². The molecule has 0 saturated heterocycles. The van der Waals surface area contributed by atoms with Crippen LogP contribution in [0.25, 0.3) is 11.0 Å². The molecule has 2 aromatic carbocycles. The van der Waals surface area contributed by atoms with Crippen LogP contribution in [-0.4, -0.2) is 9.97 Å². The van der Waals surface area contributed by atoms with E-state index in [9.17, 15) is 9.59 Å². The summed E-state index contributed by atoms with van der Waals surface area (Å²) in [7, 11) is 0. The first kappa shape index (κ1) is 16.9. The second-order valence-corrected chi connectivity index (χ2v) is 7.50. The number of aromatic amines is 1. The van der Waals surface area contributed by atoms with Crippen LogP contribution < -0.4 is 15.9 Å². The average Bonchev–Trinajstić information content (AvgIpc) is 2.67. The van der Waals surface area contributed by atoms with Crippen molar-refractivity contribution in [2.24, 2.45) is 0 Å². The lowest BCUT2D eigenvalue weighted by atomic mass is 9.84. The van der Waals surface area contributed by atoms with Gasteiger partial charge in [0, 0.05) is 4.47 Å². The minimum atomic E-state index is -0.649. The monoisotopic (exact) mass is 436 g/mol. The lowest BCUT2D eigenvalue weighted by Gasteiger charge is -2.26. The molecule has 0 spiro atoms. The second-order valence-electron chi connectivity index (χ2n) is 6.59. The maximum absolute atomic E-state index is 12.9. The van der Waals surface area contributed by atoms with Crippen LogP contribution >= 0.6 is 15.9 Å². The van der Waals surface area contributed by atoms with Crippen molar-refractivity contribution in [1.82, 2.24) is 9.97 Å². The van der Waals surface area contributed by atoms with Crippen LogP contribution in [0.4, 0.5) is 0 Å². The number of aromatic nitrogens is 2. The molecule has 0 radical (unpaired) electrons. The summed E-state index contributed by atoms with van der Waals surface area (Å²) >= 11 is 3.42. The number of halogens is 1. The fraction of sp³-hybridized carbons (Fsp3) is 0.0952. The SMILES string of the molecule is Cc1nc2c(c(=O)[nH]1)C(c1ccc(Br)cc1)c1c(c3ccccc3oc1=O)O2. The Labute approximate surface area is 166 Å². The van der Waals surface area contributed by atoms with Crippen molar-refractivity contribution >= 4 is 26.9 Å². The third-order valence-corrected chi connectivity index (χ3v) is 5.35. The largest absolute Gasteiger partial charge is 0.437 e. The number of rotatable bonds is 1. The van der Waals surface area contributed by atoms with Gasteiger partial charge in [-0.15, -0.1) is 0 Å². The van der Waals surface area contributed by atoms with Crippen molar-refractivity contribution in [1.29, 1.82) is 0 Å². The molecular formula is C21H13BrN2O4. The number of fused-ring (bicyclic) bond motifs is 4. The van der Waals surface area contributed by atoms with Crippen molar-refractivity contribution in [3.05, 3.63) is 96.3 Å². The summed E-state index contributed by atoms with van der Waals surface area (Å²) in [5, 5.41) is 0.657. The smallest absolute Gasteiger partial charge is 0.344 e. The molecule has 4 aromatic rings. The molecule has 0 aliphatic carbocycles. The maximum Gasteiger partial charge on any atom is 0.344 e. The molecular weight excluding hydrogens is 424 g/mol. The molecule has 7 heteroatoms. The zero-order valence-electron chi connectivity index (χ0n) is 14.7. The van der Waals surface area contributed by atoms with E-state index in [1.807, 2.05) is 36.4 Å². The van der Waals surface area contributed by atoms with Crippen molar-refractivity contribution in [3.63, 3.8) is 0 Å². The molecule has 0 fully saturated rings. The van der Waals surface area contributed by atoms with E-state index in [1.165, 1.54) is 0 Å². The quantitative estimate of drug-likeness (QED) is 0.397. The van der Waals surface area contributed by atoms with Gasteiger partial charge in [-0.3, -0.25) is 4.79 Å². The number of aryl methyl sites for hydroxylation is 1. The number of hydrogen-bond donors (Lipinski definition) is 1. The molecule has 3 heterocycles. The van der Waals surface area contributed by atoms with Gasteiger partial charge in [-0.1, -0.05) is 40.2 Å². The van der Waals surface area contributed by atoms with E-state index in [0.717, 1.165) is 10.0 Å². The fourth-order valence-electron chi connectivity index (χ4n) is 3.63. The summed E-state index contributed by atoms with van der Waals surface area (Å²) in [6.45, 7) is 1.69. The molecule has 0 amide bonds. The van der Waals surface area contributed by atoms with E-state index in [1.54, 1.807) is 19.1 Å². The van der Waals surface area contributed by atoms with Gasteiger partial charge >= 0.3 is 5.63 Å². The molecule has 2 aromatic heterocycles. The molecule has 6 nitrogen and oxygen atoms in total. The Hall–Kier alpha value is -3.19. The Kier molecular flexibility index (Phi) is 3.73. The lowest BCUT2D eigenvalue weighted by Crippen LogP contribution is -2.28. The second kappa shape index (κ2) is 6.17. The molecule has 1 aliphatic heterocycles. The Morgan fingerprint density at radius 1 is 1.04 bits per heavy atom. The number of hydrogen-bond acceptors (Lipinski definition) is 5. The van der Waals surface area contributed by atoms with Crippen LogP contribution in [0, 0.1) is 6.92 Å². The molecule has 138 valence electrons. The standard InChI is InChI=1S/C21H13BrN2O4/c1-10-23-19(25)17-15(11-6-8-12(22)9-7-11)16-18(28-20(17)24-10)13-4-2-3-5-14(13)27-21(16)26/h2-9,15H,1H3,(H,23,24,25). The van der Waals surface area contributed by atoms with Crippen LogP contribution in [0.15, 0.2) is 67.0 Å². The van der Waals surface area contributed by atoms with Gasteiger partial charge in [0.25, 0.3) is 5.56 Å². The molecule has 1 atom stereocenters. The van der Waals surface area contributed by atoms with Crippen molar-refractivity contribution in [3.8, 4) is 11.6 Å². The van der Waals surface area contributed by atoms with Gasteiger partial charge in [0.2, 0.25) is 5.88 Å². The Bertz CT molecular complexity index is 1360. The summed E-state index contributed by atoms with van der Waals surface area (Å²) in [4.78, 5) is 32.8. The van der Waals surface area contributed by atoms with Crippen LogP contribution in [0.3, 0.4) is 0 Å². The Morgan fingerprint density at radius 3 is 2.57 bits per heavy atom. The molecule has 28 heavy (non-hydrogen) atoms. The molecule has 1 N–H and O–H groups in total. The average molecular weight is 437 g/mol. The zero-order valence-corrected chi connectivity index (χ0v) is 16.2. The highest BCUT2D eigenvalue weighted by molar-refractivity contribution is 9.10. The van der Waals surface area contributed by atoms with Gasteiger partial charge in [0.15, 0.2) is 5.75 Å². The van der Waals surface area contributed by atoms with E-state index < -0.39 is 11.5 Å². The summed E-state index contributed by atoms with van der Waals surface area (Å²) in [5.74, 6) is 0.376. The minimum absolute atomic E-state index is 0.206. The summed E-state index contributed by atoms with van der Waals surface area (Å²) in [5.41, 5.74) is 0.909. The highest BCUT2D eigenvalue weighted by Crippen LogP contribution is 2.46. The van der Waals surface area contributed by atoms with Gasteiger partial charge in [0.1, 0.15) is 11.4 Å². The van der Waals surface area contributed by atoms with Crippen molar-refractivity contribution in [2.75, 3.05) is 0 Å². The van der Waals surface area contributed by atoms with Crippen molar-refractivity contribution in [2.45, 2.75) is 12.8 Å². The number of H-pyrrole nitrogens is 1. The third kappa shape index (κ3) is 2.51. The third-order valence-electron chi connectivity index (χ3n) is 4.82. The topological polar surface area (TPSA) is 85.2 Å². The van der Waals surface area contributed by atoms with E-state index in [-0.39, 0.29) is 11.4 Å². The van der Waals surface area contributed by atoms with Gasteiger partial charge in [-0.2, -0.15) is 4.98 Å².